The largest absolute Gasteiger partial charge is 0.466 e. The fraction of sp³-hybridized carbons (Fsp3) is 0.444. The van der Waals surface area contributed by atoms with Crippen LogP contribution < -0.4 is 4.80 Å². The van der Waals surface area contributed by atoms with Gasteiger partial charge >= 0.3 is 5.97 Å². The summed E-state index contributed by atoms with van der Waals surface area (Å²) in [5, 5.41) is 11.1. The summed E-state index contributed by atoms with van der Waals surface area (Å²) >= 11 is 1.50. The molecule has 0 unspecified atom stereocenters. The lowest BCUT2D eigenvalue weighted by Gasteiger charge is -2.08. The molecular weight excluding hydrogens is 324 g/mol. The number of carbonyl (C=O) groups is 1. The highest BCUT2D eigenvalue weighted by Gasteiger charge is 2.11. The van der Waals surface area contributed by atoms with E-state index in [9.17, 15) is 4.79 Å². The lowest BCUT2D eigenvalue weighted by molar-refractivity contribution is -0.142. The summed E-state index contributed by atoms with van der Waals surface area (Å²) in [6.07, 6.45) is 0.838. The lowest BCUT2D eigenvalue weighted by Crippen LogP contribution is -2.20. The minimum absolute atomic E-state index is 0.102. The van der Waals surface area contributed by atoms with E-state index in [1.54, 1.807) is 6.92 Å². The summed E-state index contributed by atoms with van der Waals surface area (Å²) < 4.78 is 7.04. The minimum atomic E-state index is -0.244. The molecule has 2 rings (SSSR count). The Balaban J connectivity index is 2.41. The summed E-state index contributed by atoms with van der Waals surface area (Å²) in [6.45, 7) is 7.02. The van der Waals surface area contributed by atoms with Gasteiger partial charge in [-0.05, 0) is 44.4 Å². The van der Waals surface area contributed by atoms with Crippen LogP contribution in [0.1, 0.15) is 30.2 Å². The molecule has 1 N–H and O–H groups in total. The summed E-state index contributed by atoms with van der Waals surface area (Å²) in [5.74, 6) is -0.244. The zero-order chi connectivity index (χ0) is 17.5. The molecule has 0 aliphatic carbocycles. The molecule has 0 aliphatic heterocycles. The molecule has 1 aromatic carbocycles. The number of aliphatic hydroxyl groups excluding tert-OH is 1. The molecule has 24 heavy (non-hydrogen) atoms. The van der Waals surface area contributed by atoms with Gasteiger partial charge in [-0.15, -0.1) is 11.3 Å². The number of benzene rings is 1. The number of hydrogen-bond donors (Lipinski definition) is 1. The van der Waals surface area contributed by atoms with Crippen molar-refractivity contribution in [2.45, 2.75) is 40.2 Å². The van der Waals surface area contributed by atoms with Crippen molar-refractivity contribution in [3.05, 3.63) is 45.2 Å². The number of aliphatic hydroxyl groups is 1. The minimum Gasteiger partial charge on any atom is -0.466 e. The highest BCUT2D eigenvalue weighted by Crippen LogP contribution is 2.21. The van der Waals surface area contributed by atoms with E-state index >= 15 is 0 Å². The Morgan fingerprint density at radius 2 is 2.17 bits per heavy atom. The van der Waals surface area contributed by atoms with Gasteiger partial charge in [0, 0.05) is 24.2 Å². The van der Waals surface area contributed by atoms with Crippen molar-refractivity contribution in [3.63, 3.8) is 0 Å². The number of nitrogens with zero attached hydrogens (tertiary/aromatic N) is 2. The Bertz CT molecular complexity index is 762. The Hall–Kier alpha value is -1.92. The molecule has 0 atom stereocenters. The van der Waals surface area contributed by atoms with Crippen molar-refractivity contribution in [3.8, 4) is 0 Å². The van der Waals surface area contributed by atoms with Crippen LogP contribution in [0.5, 0.6) is 0 Å². The second-order valence-corrected chi connectivity index (χ2v) is 6.39. The van der Waals surface area contributed by atoms with Gasteiger partial charge in [-0.25, -0.2) is 4.99 Å². The third-order valence-corrected chi connectivity index (χ3v) is 4.75. The molecule has 0 aliphatic rings. The van der Waals surface area contributed by atoms with Crippen LogP contribution in [0.15, 0.2) is 28.6 Å². The van der Waals surface area contributed by atoms with E-state index in [0.29, 0.717) is 19.6 Å². The second-order valence-electron chi connectivity index (χ2n) is 5.55. The summed E-state index contributed by atoms with van der Waals surface area (Å²) in [5.41, 5.74) is 4.14. The quantitative estimate of drug-likeness (QED) is 0.783. The average molecular weight is 348 g/mol. The van der Waals surface area contributed by atoms with Crippen molar-refractivity contribution < 1.29 is 14.6 Å². The van der Waals surface area contributed by atoms with E-state index in [-0.39, 0.29) is 19.0 Å². The molecule has 2 aromatic rings. The first kappa shape index (κ1) is 18.4. The third kappa shape index (κ3) is 4.55. The number of rotatable bonds is 7. The maximum atomic E-state index is 11.8. The molecule has 1 aromatic heterocycles. The summed E-state index contributed by atoms with van der Waals surface area (Å²) in [7, 11) is 0. The molecule has 0 spiro atoms. The summed E-state index contributed by atoms with van der Waals surface area (Å²) in [6, 6.07) is 6.05. The van der Waals surface area contributed by atoms with Gasteiger partial charge in [0.05, 0.1) is 18.7 Å². The lowest BCUT2D eigenvalue weighted by atomic mass is 10.1. The SMILES string of the molecule is CCOC(=O)Cc1csc(=Nc2cccc(C)c2C)n1CCCO. The average Bonchev–Trinajstić information content (AvgIpc) is 2.91. The van der Waals surface area contributed by atoms with Crippen LogP contribution in [-0.2, 0) is 22.5 Å². The third-order valence-electron chi connectivity index (χ3n) is 3.84. The Morgan fingerprint density at radius 1 is 1.38 bits per heavy atom. The second kappa shape index (κ2) is 8.80. The van der Waals surface area contributed by atoms with Crippen molar-refractivity contribution >= 4 is 23.0 Å². The predicted octanol–water partition coefficient (Wildman–Crippen LogP) is 2.89. The number of aryl methyl sites for hydroxylation is 1. The Morgan fingerprint density at radius 3 is 2.88 bits per heavy atom. The highest BCUT2D eigenvalue weighted by molar-refractivity contribution is 7.07. The topological polar surface area (TPSA) is 63.8 Å². The van der Waals surface area contributed by atoms with Crippen molar-refractivity contribution in [2.24, 2.45) is 4.99 Å². The first-order valence-corrected chi connectivity index (χ1v) is 8.99. The number of carbonyl (C=O) groups excluding carboxylic acids is 1. The molecule has 130 valence electrons. The molecule has 0 saturated heterocycles. The molecule has 0 radical (unpaired) electrons. The fourth-order valence-electron chi connectivity index (χ4n) is 2.38. The van der Waals surface area contributed by atoms with Gasteiger partial charge < -0.3 is 14.4 Å². The number of esters is 1. The number of ether oxygens (including phenoxy) is 1. The van der Waals surface area contributed by atoms with Crippen LogP contribution in [-0.4, -0.2) is 28.9 Å². The van der Waals surface area contributed by atoms with Crippen LogP contribution >= 0.6 is 11.3 Å². The van der Waals surface area contributed by atoms with E-state index < -0.39 is 0 Å². The maximum Gasteiger partial charge on any atom is 0.311 e. The molecule has 0 fully saturated rings. The Labute approximate surface area is 146 Å². The van der Waals surface area contributed by atoms with Gasteiger partial charge in [0.1, 0.15) is 0 Å². The van der Waals surface area contributed by atoms with E-state index in [4.69, 9.17) is 14.8 Å². The first-order valence-electron chi connectivity index (χ1n) is 8.11. The van der Waals surface area contributed by atoms with E-state index in [1.807, 2.05) is 22.1 Å². The molecule has 0 amide bonds. The van der Waals surface area contributed by atoms with Gasteiger partial charge in [-0.3, -0.25) is 4.79 Å². The molecule has 0 saturated carbocycles. The van der Waals surface area contributed by atoms with Crippen molar-refractivity contribution in [1.29, 1.82) is 0 Å². The van der Waals surface area contributed by atoms with Crippen LogP contribution in [0, 0.1) is 13.8 Å². The molecule has 6 heteroatoms. The maximum absolute atomic E-state index is 11.8. The standard InChI is InChI=1S/C18H24N2O3S/c1-4-23-17(22)11-15-12-24-18(20(15)9-6-10-21)19-16-8-5-7-13(2)14(16)3/h5,7-8,12,21H,4,6,9-11H2,1-3H3. The Kier molecular flexibility index (Phi) is 6.75. The highest BCUT2D eigenvalue weighted by atomic mass is 32.1. The smallest absolute Gasteiger partial charge is 0.311 e. The van der Waals surface area contributed by atoms with E-state index in [1.165, 1.54) is 16.9 Å². The van der Waals surface area contributed by atoms with Gasteiger partial charge in [-0.1, -0.05) is 12.1 Å². The van der Waals surface area contributed by atoms with Crippen LogP contribution in [0.3, 0.4) is 0 Å². The molecule has 5 nitrogen and oxygen atoms in total. The zero-order valence-electron chi connectivity index (χ0n) is 14.4. The predicted molar refractivity (Wildman–Crippen MR) is 95.5 cm³/mol. The van der Waals surface area contributed by atoms with Gasteiger partial charge in [0.2, 0.25) is 0 Å². The van der Waals surface area contributed by atoms with Gasteiger partial charge in [-0.2, -0.15) is 0 Å². The summed E-state index contributed by atoms with van der Waals surface area (Å²) in [4.78, 5) is 17.4. The van der Waals surface area contributed by atoms with Gasteiger partial charge in [0.15, 0.2) is 4.80 Å². The van der Waals surface area contributed by atoms with Crippen molar-refractivity contribution in [2.75, 3.05) is 13.2 Å². The van der Waals surface area contributed by atoms with Gasteiger partial charge in [0.25, 0.3) is 0 Å². The normalized spacial score (nSPS) is 11.8. The number of thiazole rings is 1. The first-order chi connectivity index (χ1) is 11.6. The molecule has 0 bridgehead atoms. The zero-order valence-corrected chi connectivity index (χ0v) is 15.2. The molecule has 1 heterocycles. The monoisotopic (exact) mass is 348 g/mol. The number of hydrogen-bond acceptors (Lipinski definition) is 5. The molecular formula is C18H24N2O3S. The number of aromatic nitrogens is 1. The van der Waals surface area contributed by atoms with E-state index in [0.717, 1.165) is 21.7 Å². The van der Waals surface area contributed by atoms with Crippen LogP contribution in [0.4, 0.5) is 5.69 Å². The van der Waals surface area contributed by atoms with E-state index in [2.05, 4.69) is 19.9 Å². The van der Waals surface area contributed by atoms with Crippen LogP contribution in [0.2, 0.25) is 0 Å². The van der Waals surface area contributed by atoms with Crippen LogP contribution in [0.25, 0.3) is 0 Å². The fourth-order valence-corrected chi connectivity index (χ4v) is 3.32. The van der Waals surface area contributed by atoms with Crippen molar-refractivity contribution in [1.82, 2.24) is 4.57 Å².